The molecule has 3 aromatic rings. The van der Waals surface area contributed by atoms with Crippen LogP contribution in [0.3, 0.4) is 0 Å². The van der Waals surface area contributed by atoms with E-state index in [-0.39, 0.29) is 36.9 Å². The quantitative estimate of drug-likeness (QED) is 0.261. The van der Waals surface area contributed by atoms with Gasteiger partial charge >= 0.3 is 0 Å². The Balaban J connectivity index is 1.98. The van der Waals surface area contributed by atoms with Crippen molar-refractivity contribution < 1.29 is 14.3 Å². The van der Waals surface area contributed by atoms with Crippen molar-refractivity contribution in [2.24, 2.45) is 0 Å². The summed E-state index contributed by atoms with van der Waals surface area (Å²) in [5.74, 6) is 0.309. The Morgan fingerprint density at radius 1 is 0.895 bits per heavy atom. The largest absolute Gasteiger partial charge is 0.483 e. The fraction of sp³-hybridized carbons (Fsp3) is 0.355. The molecule has 7 heteroatoms. The second-order valence-corrected chi connectivity index (χ2v) is 10.5. The first kappa shape index (κ1) is 29.5. The van der Waals surface area contributed by atoms with Crippen molar-refractivity contribution >= 4 is 35.0 Å². The van der Waals surface area contributed by atoms with Crippen LogP contribution in [-0.2, 0) is 22.6 Å². The molecule has 0 aliphatic heterocycles. The number of rotatable bonds is 12. The first-order chi connectivity index (χ1) is 18.2. The molecule has 0 radical (unpaired) electrons. The Morgan fingerprint density at radius 2 is 1.53 bits per heavy atom. The molecule has 2 unspecified atom stereocenters. The van der Waals surface area contributed by atoms with Crippen LogP contribution in [0.5, 0.6) is 5.75 Å². The van der Waals surface area contributed by atoms with Crippen molar-refractivity contribution in [3.05, 3.63) is 99.5 Å². The molecule has 202 valence electrons. The van der Waals surface area contributed by atoms with E-state index < -0.39 is 6.04 Å². The van der Waals surface area contributed by atoms with Gasteiger partial charge in [0, 0.05) is 34.6 Å². The van der Waals surface area contributed by atoms with E-state index in [2.05, 4.69) is 19.2 Å². The summed E-state index contributed by atoms with van der Waals surface area (Å²) in [4.78, 5) is 29.0. The van der Waals surface area contributed by atoms with Crippen LogP contribution < -0.4 is 10.1 Å². The minimum atomic E-state index is -0.796. The Hall–Kier alpha value is -3.02. The molecule has 0 aliphatic carbocycles. The number of carbonyl (C=O) groups excluding carboxylic acids is 2. The average molecular weight is 556 g/mol. The molecule has 2 atom stereocenters. The van der Waals surface area contributed by atoms with Crippen LogP contribution in [0.1, 0.15) is 56.7 Å². The highest BCUT2D eigenvalue weighted by molar-refractivity contribution is 6.36. The van der Waals surface area contributed by atoms with Crippen LogP contribution in [0.4, 0.5) is 0 Å². The van der Waals surface area contributed by atoms with Crippen LogP contribution in [0.2, 0.25) is 10.0 Å². The highest BCUT2D eigenvalue weighted by Crippen LogP contribution is 2.28. The van der Waals surface area contributed by atoms with Crippen LogP contribution >= 0.6 is 23.2 Å². The fourth-order valence-corrected chi connectivity index (χ4v) is 4.68. The summed E-state index contributed by atoms with van der Waals surface area (Å²) in [6.07, 6.45) is 1.10. The molecule has 0 bridgehead atoms. The highest BCUT2D eigenvalue weighted by atomic mass is 35.5. The van der Waals surface area contributed by atoms with E-state index in [4.69, 9.17) is 27.9 Å². The van der Waals surface area contributed by atoms with Crippen molar-refractivity contribution in [3.8, 4) is 5.75 Å². The maximum absolute atomic E-state index is 13.9. The number of benzene rings is 3. The topological polar surface area (TPSA) is 58.6 Å². The van der Waals surface area contributed by atoms with Gasteiger partial charge < -0.3 is 15.0 Å². The molecule has 1 N–H and O–H groups in total. The summed E-state index contributed by atoms with van der Waals surface area (Å²) in [6, 6.07) is 21.7. The number of halogens is 2. The summed E-state index contributed by atoms with van der Waals surface area (Å²) in [5, 5.41) is 3.92. The molecule has 0 aliphatic rings. The van der Waals surface area contributed by atoms with E-state index in [1.165, 1.54) is 4.90 Å². The third-order valence-corrected chi connectivity index (χ3v) is 7.26. The van der Waals surface area contributed by atoms with Gasteiger partial charge in [-0.05, 0) is 48.6 Å². The minimum Gasteiger partial charge on any atom is -0.483 e. The van der Waals surface area contributed by atoms with E-state index in [1.54, 1.807) is 18.2 Å². The SMILES string of the molecule is CCC(C)NC(=O)C(Cc1ccccc1)N(Cc1c(Cl)cccc1Cl)C(=O)COc1ccccc1C(C)C. The van der Waals surface area contributed by atoms with E-state index in [0.29, 0.717) is 27.8 Å². The van der Waals surface area contributed by atoms with Gasteiger partial charge in [-0.2, -0.15) is 0 Å². The molecule has 3 rings (SSSR count). The first-order valence-corrected chi connectivity index (χ1v) is 13.7. The molecule has 3 aromatic carbocycles. The Labute approximate surface area is 236 Å². The fourth-order valence-electron chi connectivity index (χ4n) is 4.16. The highest BCUT2D eigenvalue weighted by Gasteiger charge is 2.32. The van der Waals surface area contributed by atoms with Crippen molar-refractivity contribution in [3.63, 3.8) is 0 Å². The number of ether oxygens (including phenoxy) is 1. The molecular formula is C31H36Cl2N2O3. The zero-order chi connectivity index (χ0) is 27.7. The second kappa shape index (κ2) is 14.2. The Kier molecular flexibility index (Phi) is 11.1. The zero-order valence-corrected chi connectivity index (χ0v) is 23.9. The molecule has 38 heavy (non-hydrogen) atoms. The lowest BCUT2D eigenvalue weighted by molar-refractivity contribution is -0.143. The van der Waals surface area contributed by atoms with Crippen LogP contribution in [0.25, 0.3) is 0 Å². The first-order valence-electron chi connectivity index (χ1n) is 13.0. The monoisotopic (exact) mass is 554 g/mol. The number of hydrogen-bond donors (Lipinski definition) is 1. The molecule has 2 amide bonds. The molecule has 0 spiro atoms. The Bertz CT molecular complexity index is 1200. The standard InChI is InChI=1S/C31H36Cl2N2O3/c1-5-22(4)34-31(37)28(18-23-12-7-6-8-13-23)35(19-25-26(32)15-11-16-27(25)33)30(36)20-38-29-17-10-9-14-24(29)21(2)3/h6-17,21-22,28H,5,18-20H2,1-4H3,(H,34,37). The average Bonchev–Trinajstić information content (AvgIpc) is 2.91. The van der Waals surface area contributed by atoms with Gasteiger partial charge in [0.25, 0.3) is 5.91 Å². The summed E-state index contributed by atoms with van der Waals surface area (Å²) < 4.78 is 6.03. The molecule has 0 saturated carbocycles. The smallest absolute Gasteiger partial charge is 0.261 e. The van der Waals surface area contributed by atoms with E-state index >= 15 is 0 Å². The van der Waals surface area contributed by atoms with Gasteiger partial charge in [0.05, 0.1) is 0 Å². The predicted molar refractivity (Wildman–Crippen MR) is 155 cm³/mol. The lowest BCUT2D eigenvalue weighted by atomic mass is 10.0. The maximum atomic E-state index is 13.9. The van der Waals surface area contributed by atoms with Gasteiger partial charge in [0.1, 0.15) is 11.8 Å². The second-order valence-electron chi connectivity index (χ2n) is 9.73. The van der Waals surface area contributed by atoms with Crippen LogP contribution in [0, 0.1) is 0 Å². The number of amides is 2. The van der Waals surface area contributed by atoms with Crippen molar-refractivity contribution in [1.29, 1.82) is 0 Å². The van der Waals surface area contributed by atoms with Gasteiger partial charge in [-0.15, -0.1) is 0 Å². The summed E-state index contributed by atoms with van der Waals surface area (Å²) >= 11 is 13.0. The van der Waals surface area contributed by atoms with Crippen molar-refractivity contribution in [2.75, 3.05) is 6.61 Å². The summed E-state index contributed by atoms with van der Waals surface area (Å²) in [5.41, 5.74) is 2.53. The number of nitrogens with one attached hydrogen (secondary N) is 1. The van der Waals surface area contributed by atoms with Crippen LogP contribution in [0.15, 0.2) is 72.8 Å². The van der Waals surface area contributed by atoms with Gasteiger partial charge in [0.15, 0.2) is 6.61 Å². The number of para-hydroxylation sites is 1. The summed E-state index contributed by atoms with van der Waals surface area (Å²) in [7, 11) is 0. The van der Waals surface area contributed by atoms with E-state index in [1.807, 2.05) is 68.4 Å². The molecule has 5 nitrogen and oxygen atoms in total. The maximum Gasteiger partial charge on any atom is 0.261 e. The summed E-state index contributed by atoms with van der Waals surface area (Å²) in [6.45, 7) is 7.94. The van der Waals surface area contributed by atoms with Gasteiger partial charge in [-0.3, -0.25) is 9.59 Å². The van der Waals surface area contributed by atoms with E-state index in [0.717, 1.165) is 17.5 Å². The van der Waals surface area contributed by atoms with E-state index in [9.17, 15) is 9.59 Å². The van der Waals surface area contributed by atoms with Gasteiger partial charge in [-0.25, -0.2) is 0 Å². The predicted octanol–water partition coefficient (Wildman–Crippen LogP) is 7.05. The molecule has 0 saturated heterocycles. The minimum absolute atomic E-state index is 0.0456. The lowest BCUT2D eigenvalue weighted by Gasteiger charge is -2.32. The molecule has 0 fully saturated rings. The van der Waals surface area contributed by atoms with Crippen molar-refractivity contribution in [1.82, 2.24) is 10.2 Å². The molecule has 0 aromatic heterocycles. The lowest BCUT2D eigenvalue weighted by Crippen LogP contribution is -2.53. The number of carbonyl (C=O) groups is 2. The van der Waals surface area contributed by atoms with Crippen LogP contribution in [-0.4, -0.2) is 35.4 Å². The normalized spacial score (nSPS) is 12.6. The third-order valence-electron chi connectivity index (χ3n) is 6.55. The zero-order valence-electron chi connectivity index (χ0n) is 22.4. The van der Waals surface area contributed by atoms with Crippen molar-refractivity contribution in [2.45, 2.75) is 65.1 Å². The molecular weight excluding hydrogens is 519 g/mol. The number of hydrogen-bond acceptors (Lipinski definition) is 3. The number of nitrogens with zero attached hydrogens (tertiary/aromatic N) is 1. The van der Waals surface area contributed by atoms with Gasteiger partial charge in [-0.1, -0.05) is 98.6 Å². The molecule has 0 heterocycles. The third kappa shape index (κ3) is 7.99. The van der Waals surface area contributed by atoms with Gasteiger partial charge in [0.2, 0.25) is 5.91 Å². The Morgan fingerprint density at radius 3 is 2.16 bits per heavy atom.